The van der Waals surface area contributed by atoms with Crippen molar-refractivity contribution in [3.63, 3.8) is 0 Å². The lowest BCUT2D eigenvalue weighted by atomic mass is 10.2. The van der Waals surface area contributed by atoms with Crippen LogP contribution in [0.1, 0.15) is 30.6 Å². The number of carbonyl (C=O) groups is 1. The molecule has 1 aromatic carbocycles. The van der Waals surface area contributed by atoms with Crippen molar-refractivity contribution in [3.8, 4) is 0 Å². The lowest BCUT2D eigenvalue weighted by molar-refractivity contribution is 0.102. The van der Waals surface area contributed by atoms with Crippen molar-refractivity contribution in [3.05, 3.63) is 46.2 Å². The van der Waals surface area contributed by atoms with E-state index in [1.807, 2.05) is 6.92 Å². The molecule has 1 heterocycles. The molecule has 1 unspecified atom stereocenters. The summed E-state index contributed by atoms with van der Waals surface area (Å²) in [6, 6.07) is 5.15. The van der Waals surface area contributed by atoms with Crippen LogP contribution in [0, 0.1) is 0 Å². The van der Waals surface area contributed by atoms with Gasteiger partial charge in [-0.25, -0.2) is 9.97 Å². The van der Waals surface area contributed by atoms with Gasteiger partial charge in [0.15, 0.2) is 0 Å². The van der Waals surface area contributed by atoms with Crippen molar-refractivity contribution in [1.82, 2.24) is 9.97 Å². The molecule has 0 bridgehead atoms. The summed E-state index contributed by atoms with van der Waals surface area (Å²) in [7, 11) is 0. The number of carbonyl (C=O) groups excluding carboxylic acids is 1. The second kappa shape index (κ2) is 7.42. The summed E-state index contributed by atoms with van der Waals surface area (Å²) in [6.07, 6.45) is 3.91. The molecule has 2 aromatic rings. The van der Waals surface area contributed by atoms with Crippen molar-refractivity contribution < 1.29 is 4.79 Å². The van der Waals surface area contributed by atoms with E-state index in [-0.39, 0.29) is 11.9 Å². The molecule has 0 saturated carbocycles. The Balaban J connectivity index is 2.04. The lowest BCUT2D eigenvalue weighted by Gasteiger charge is -2.11. The first-order chi connectivity index (χ1) is 10.5. The second-order valence-electron chi connectivity index (χ2n) is 4.83. The highest BCUT2D eigenvalue weighted by atomic mass is 35.5. The number of aromatic nitrogens is 2. The molecule has 116 valence electrons. The Hall–Kier alpha value is -1.85. The highest BCUT2D eigenvalue weighted by Gasteiger charge is 2.09. The van der Waals surface area contributed by atoms with Crippen molar-refractivity contribution in [2.75, 3.05) is 10.6 Å². The predicted molar refractivity (Wildman–Crippen MR) is 89.8 cm³/mol. The molecule has 1 amide bonds. The van der Waals surface area contributed by atoms with Gasteiger partial charge in [-0.05, 0) is 31.5 Å². The zero-order valence-electron chi connectivity index (χ0n) is 12.2. The Bertz CT molecular complexity index is 661. The van der Waals surface area contributed by atoms with Crippen LogP contribution >= 0.6 is 23.2 Å². The maximum Gasteiger partial charge on any atom is 0.258 e. The van der Waals surface area contributed by atoms with Gasteiger partial charge in [0, 0.05) is 24.1 Å². The molecule has 0 aliphatic carbocycles. The molecular weight excluding hydrogens is 323 g/mol. The number of anilines is 2. The Labute approximate surface area is 139 Å². The Morgan fingerprint density at radius 2 is 1.91 bits per heavy atom. The minimum Gasteiger partial charge on any atom is -0.352 e. The molecular formula is C15H16Cl2N4O. The van der Waals surface area contributed by atoms with Gasteiger partial charge >= 0.3 is 0 Å². The fourth-order valence-electron chi connectivity index (χ4n) is 1.62. The van der Waals surface area contributed by atoms with E-state index in [9.17, 15) is 4.79 Å². The summed E-state index contributed by atoms with van der Waals surface area (Å²) in [5, 5.41) is 6.66. The molecule has 0 saturated heterocycles. The maximum absolute atomic E-state index is 12.1. The number of halogens is 2. The molecule has 22 heavy (non-hydrogen) atoms. The molecule has 0 aliphatic rings. The molecule has 0 spiro atoms. The van der Waals surface area contributed by atoms with Crippen molar-refractivity contribution in [2.24, 2.45) is 0 Å². The van der Waals surface area contributed by atoms with E-state index in [1.54, 1.807) is 18.2 Å². The Morgan fingerprint density at radius 1 is 1.23 bits per heavy atom. The van der Waals surface area contributed by atoms with Gasteiger partial charge in [0.1, 0.15) is 0 Å². The minimum absolute atomic E-state index is 0.274. The first-order valence-corrected chi connectivity index (χ1v) is 7.60. The average molecular weight is 339 g/mol. The molecule has 2 rings (SSSR count). The normalized spacial score (nSPS) is 11.8. The van der Waals surface area contributed by atoms with Crippen LogP contribution in [0.2, 0.25) is 10.0 Å². The minimum atomic E-state index is -0.312. The fraction of sp³-hybridized carbons (Fsp3) is 0.267. The molecule has 0 fully saturated rings. The highest BCUT2D eigenvalue weighted by molar-refractivity contribution is 6.42. The summed E-state index contributed by atoms with van der Waals surface area (Å²) >= 11 is 11.7. The summed E-state index contributed by atoms with van der Waals surface area (Å²) < 4.78 is 0. The molecule has 2 N–H and O–H groups in total. The zero-order chi connectivity index (χ0) is 16.1. The third-order valence-electron chi connectivity index (χ3n) is 3.08. The van der Waals surface area contributed by atoms with Gasteiger partial charge < -0.3 is 10.6 Å². The van der Waals surface area contributed by atoms with E-state index >= 15 is 0 Å². The van der Waals surface area contributed by atoms with Crippen LogP contribution in [-0.4, -0.2) is 21.9 Å². The molecule has 1 aromatic heterocycles. The number of amides is 1. The van der Waals surface area contributed by atoms with E-state index in [1.165, 1.54) is 12.4 Å². The number of nitrogens with one attached hydrogen (secondary N) is 2. The first-order valence-electron chi connectivity index (χ1n) is 6.84. The predicted octanol–water partition coefficient (Wildman–Crippen LogP) is 4.25. The number of nitrogens with zero attached hydrogens (tertiary/aromatic N) is 2. The summed E-state index contributed by atoms with van der Waals surface area (Å²) in [6.45, 7) is 4.10. The monoisotopic (exact) mass is 338 g/mol. The van der Waals surface area contributed by atoms with Crippen molar-refractivity contribution >= 4 is 40.7 Å². The zero-order valence-corrected chi connectivity index (χ0v) is 13.7. The van der Waals surface area contributed by atoms with E-state index in [4.69, 9.17) is 23.2 Å². The number of rotatable bonds is 5. The van der Waals surface area contributed by atoms with Crippen molar-refractivity contribution in [2.45, 2.75) is 26.3 Å². The molecule has 0 radical (unpaired) electrons. The quantitative estimate of drug-likeness (QED) is 0.855. The van der Waals surface area contributed by atoms with Crippen LogP contribution in [0.4, 0.5) is 11.6 Å². The fourth-order valence-corrected chi connectivity index (χ4v) is 1.92. The lowest BCUT2D eigenvalue weighted by Crippen LogP contribution is -2.17. The Kier molecular flexibility index (Phi) is 5.57. The highest BCUT2D eigenvalue weighted by Crippen LogP contribution is 2.25. The number of hydrogen-bond donors (Lipinski definition) is 2. The van der Waals surface area contributed by atoms with Crippen LogP contribution < -0.4 is 10.6 Å². The van der Waals surface area contributed by atoms with Crippen molar-refractivity contribution in [1.29, 1.82) is 0 Å². The van der Waals surface area contributed by atoms with Gasteiger partial charge in [-0.3, -0.25) is 4.79 Å². The smallest absolute Gasteiger partial charge is 0.258 e. The largest absolute Gasteiger partial charge is 0.352 e. The van der Waals surface area contributed by atoms with Crippen LogP contribution in [0.3, 0.4) is 0 Å². The van der Waals surface area contributed by atoms with Gasteiger partial charge in [-0.2, -0.15) is 0 Å². The second-order valence-corrected chi connectivity index (χ2v) is 5.65. The topological polar surface area (TPSA) is 66.9 Å². The standard InChI is InChI=1S/C15H16Cl2N4O/c1-3-9(2)20-15-18-7-10(8-19-15)14(22)21-11-4-5-12(16)13(17)6-11/h4-9H,3H2,1-2H3,(H,21,22)(H,18,19,20). The molecule has 0 aliphatic heterocycles. The maximum atomic E-state index is 12.1. The van der Waals surface area contributed by atoms with Crippen LogP contribution in [-0.2, 0) is 0 Å². The number of hydrogen-bond acceptors (Lipinski definition) is 4. The Morgan fingerprint density at radius 3 is 2.50 bits per heavy atom. The average Bonchev–Trinajstić information content (AvgIpc) is 2.51. The van der Waals surface area contributed by atoms with E-state index < -0.39 is 0 Å². The van der Waals surface area contributed by atoms with Gasteiger partial charge in [0.25, 0.3) is 5.91 Å². The SMILES string of the molecule is CCC(C)Nc1ncc(C(=O)Nc2ccc(Cl)c(Cl)c2)cn1. The van der Waals surface area contributed by atoms with Gasteiger partial charge in [0.05, 0.1) is 15.6 Å². The summed E-state index contributed by atoms with van der Waals surface area (Å²) in [5.74, 6) is 0.189. The van der Waals surface area contributed by atoms with E-state index in [0.717, 1.165) is 6.42 Å². The third kappa shape index (κ3) is 4.32. The first kappa shape index (κ1) is 16.5. The van der Waals surface area contributed by atoms with E-state index in [2.05, 4.69) is 27.5 Å². The third-order valence-corrected chi connectivity index (χ3v) is 3.82. The molecule has 5 nitrogen and oxygen atoms in total. The summed E-state index contributed by atoms with van der Waals surface area (Å²) in [5.41, 5.74) is 0.919. The van der Waals surface area contributed by atoms with E-state index in [0.29, 0.717) is 27.2 Å². The van der Waals surface area contributed by atoms with Gasteiger partial charge in [-0.15, -0.1) is 0 Å². The summed E-state index contributed by atoms with van der Waals surface area (Å²) in [4.78, 5) is 20.4. The molecule has 1 atom stereocenters. The van der Waals surface area contributed by atoms with Crippen LogP contribution in [0.15, 0.2) is 30.6 Å². The van der Waals surface area contributed by atoms with Gasteiger partial charge in [0.2, 0.25) is 5.95 Å². The van der Waals surface area contributed by atoms with Crippen LogP contribution in [0.25, 0.3) is 0 Å². The van der Waals surface area contributed by atoms with Gasteiger partial charge in [-0.1, -0.05) is 30.1 Å². The van der Waals surface area contributed by atoms with Crippen LogP contribution in [0.5, 0.6) is 0 Å². The molecule has 7 heteroatoms. The number of benzene rings is 1.